The summed E-state index contributed by atoms with van der Waals surface area (Å²) < 4.78 is 0. The molecule has 0 spiro atoms. The first-order chi connectivity index (χ1) is 9.31. The molecule has 0 aromatic carbocycles. The molecular weight excluding hydrogens is 234 g/mol. The third-order valence-corrected chi connectivity index (χ3v) is 3.55. The van der Waals surface area contributed by atoms with Gasteiger partial charge < -0.3 is 0 Å². The van der Waals surface area contributed by atoms with Gasteiger partial charge in [-0.15, -0.1) is 0 Å². The van der Waals surface area contributed by atoms with E-state index in [9.17, 15) is 0 Å². The minimum absolute atomic E-state index is 0.0492. The molecule has 0 heterocycles. The zero-order chi connectivity index (χ0) is 14.2. The summed E-state index contributed by atoms with van der Waals surface area (Å²) in [7, 11) is 0. The van der Waals surface area contributed by atoms with Gasteiger partial charge >= 0.3 is 0 Å². The van der Waals surface area contributed by atoms with E-state index in [4.69, 9.17) is 5.53 Å². The lowest BCUT2D eigenvalue weighted by atomic mass is 10.0. The van der Waals surface area contributed by atoms with Crippen LogP contribution >= 0.6 is 0 Å². The van der Waals surface area contributed by atoms with Crippen molar-refractivity contribution in [2.24, 2.45) is 5.11 Å². The maximum absolute atomic E-state index is 8.27. The second kappa shape index (κ2) is 15.4. The van der Waals surface area contributed by atoms with E-state index < -0.39 is 0 Å². The maximum Gasteiger partial charge on any atom is 0.0376 e. The normalized spacial score (nSPS) is 12.1. The lowest BCUT2D eigenvalue weighted by Gasteiger charge is -2.04. The second-order valence-corrected chi connectivity index (χ2v) is 5.51. The van der Waals surface area contributed by atoms with E-state index in [2.05, 4.69) is 23.4 Å². The first kappa shape index (κ1) is 18.3. The maximum atomic E-state index is 8.27. The molecule has 19 heavy (non-hydrogen) atoms. The molecule has 0 fully saturated rings. The highest BCUT2D eigenvalue weighted by Gasteiger charge is 1.98. The van der Waals surface area contributed by atoms with E-state index in [0.29, 0.717) is 0 Å². The molecule has 0 aromatic heterocycles. The highest BCUT2D eigenvalue weighted by molar-refractivity contribution is 4.78. The van der Waals surface area contributed by atoms with Gasteiger partial charge in [-0.05, 0) is 18.4 Å². The van der Waals surface area contributed by atoms with Crippen molar-refractivity contribution >= 4 is 0 Å². The van der Waals surface area contributed by atoms with Crippen molar-refractivity contribution in [2.75, 3.05) is 0 Å². The lowest BCUT2D eigenvalue weighted by Crippen LogP contribution is -1.96. The van der Waals surface area contributed by atoms with Crippen LogP contribution in [0, 0.1) is 6.42 Å². The van der Waals surface area contributed by atoms with E-state index >= 15 is 0 Å². The first-order valence-corrected chi connectivity index (χ1v) is 8.18. The summed E-state index contributed by atoms with van der Waals surface area (Å²) in [5.74, 6) is 0. The molecule has 0 rings (SSSR count). The van der Waals surface area contributed by atoms with Crippen molar-refractivity contribution in [3.8, 4) is 0 Å². The Bertz CT molecular complexity index is 222. The summed E-state index contributed by atoms with van der Waals surface area (Å²) in [4.78, 5) is 2.80. The standard InChI is InChI=1S/C16H32N3/c1-3-4-5-6-7-8-9-10-11-12-13-14-15-16(2)18-19-17/h15-16H,3-14H2,1-2H3/t16-/m1/s1. The molecule has 0 saturated carbocycles. The fourth-order valence-electron chi connectivity index (χ4n) is 2.30. The Hall–Kier alpha value is -0.690. The number of hydrogen-bond donors (Lipinski definition) is 0. The predicted octanol–water partition coefficient (Wildman–Crippen LogP) is 6.59. The van der Waals surface area contributed by atoms with E-state index in [1.807, 2.05) is 6.92 Å². The smallest absolute Gasteiger partial charge is 0.0376 e. The minimum atomic E-state index is 0.0492. The van der Waals surface area contributed by atoms with E-state index in [1.165, 1.54) is 70.6 Å². The van der Waals surface area contributed by atoms with Gasteiger partial charge in [-0.3, -0.25) is 0 Å². The second-order valence-electron chi connectivity index (χ2n) is 5.51. The average Bonchev–Trinajstić information content (AvgIpc) is 2.40. The largest absolute Gasteiger partial charge is 0.0906 e. The van der Waals surface area contributed by atoms with Crippen LogP contribution in [0.2, 0.25) is 0 Å². The number of nitrogens with zero attached hydrogens (tertiary/aromatic N) is 3. The van der Waals surface area contributed by atoms with Crippen molar-refractivity contribution in [3.05, 3.63) is 16.9 Å². The number of hydrogen-bond acceptors (Lipinski definition) is 1. The molecule has 0 amide bonds. The van der Waals surface area contributed by atoms with Gasteiger partial charge in [-0.2, -0.15) is 0 Å². The van der Waals surface area contributed by atoms with Gasteiger partial charge in [0.2, 0.25) is 0 Å². The summed E-state index contributed by atoms with van der Waals surface area (Å²) in [5, 5.41) is 3.64. The highest BCUT2D eigenvalue weighted by Crippen LogP contribution is 2.13. The van der Waals surface area contributed by atoms with Gasteiger partial charge in [-0.1, -0.05) is 89.6 Å². The molecule has 0 aliphatic heterocycles. The Morgan fingerprint density at radius 1 is 0.895 bits per heavy atom. The van der Waals surface area contributed by atoms with Gasteiger partial charge in [0.25, 0.3) is 0 Å². The van der Waals surface area contributed by atoms with Gasteiger partial charge in [-0.25, -0.2) is 0 Å². The van der Waals surface area contributed by atoms with E-state index in [1.54, 1.807) is 0 Å². The monoisotopic (exact) mass is 266 g/mol. The Morgan fingerprint density at radius 3 is 1.84 bits per heavy atom. The third kappa shape index (κ3) is 15.3. The summed E-state index contributed by atoms with van der Waals surface area (Å²) >= 11 is 0. The third-order valence-electron chi connectivity index (χ3n) is 3.55. The van der Waals surface area contributed by atoms with Crippen LogP contribution in [-0.2, 0) is 0 Å². The molecule has 0 N–H and O–H groups in total. The predicted molar refractivity (Wildman–Crippen MR) is 84.0 cm³/mol. The summed E-state index contributed by atoms with van der Waals surface area (Å²) in [6, 6.07) is 0.0492. The van der Waals surface area contributed by atoms with E-state index in [-0.39, 0.29) is 6.04 Å². The highest BCUT2D eigenvalue weighted by atomic mass is 15.1. The molecule has 0 saturated heterocycles. The zero-order valence-corrected chi connectivity index (χ0v) is 13.0. The average molecular weight is 266 g/mol. The van der Waals surface area contributed by atoms with Crippen LogP contribution in [0.4, 0.5) is 0 Å². The van der Waals surface area contributed by atoms with Crippen LogP contribution in [0.1, 0.15) is 90.9 Å². The number of rotatable bonds is 14. The quantitative estimate of drug-likeness (QED) is 0.147. The fourth-order valence-corrected chi connectivity index (χ4v) is 2.30. The van der Waals surface area contributed by atoms with Crippen LogP contribution in [0.25, 0.3) is 10.4 Å². The number of azide groups is 1. The van der Waals surface area contributed by atoms with E-state index in [0.717, 1.165) is 6.42 Å². The summed E-state index contributed by atoms with van der Waals surface area (Å²) in [6.45, 7) is 4.21. The summed E-state index contributed by atoms with van der Waals surface area (Å²) in [6.07, 6.45) is 18.4. The van der Waals surface area contributed by atoms with Crippen molar-refractivity contribution in [1.82, 2.24) is 0 Å². The van der Waals surface area contributed by atoms with Gasteiger partial charge in [0.1, 0.15) is 0 Å². The van der Waals surface area contributed by atoms with Crippen molar-refractivity contribution < 1.29 is 0 Å². The molecular formula is C16H32N3. The molecule has 0 aliphatic carbocycles. The SMILES string of the molecule is CCCCCCCCCCCCC[CH][C@@H](C)N=[N+]=[N-]. The Labute approximate surface area is 119 Å². The molecule has 3 heteroatoms. The molecule has 3 nitrogen and oxygen atoms in total. The Balaban J connectivity index is 3.04. The fraction of sp³-hybridized carbons (Fsp3) is 0.938. The number of unbranched alkanes of at least 4 members (excludes halogenated alkanes) is 11. The molecule has 0 aromatic rings. The molecule has 1 radical (unpaired) electrons. The van der Waals surface area contributed by atoms with Crippen LogP contribution in [-0.4, -0.2) is 6.04 Å². The summed E-state index contributed by atoms with van der Waals surface area (Å²) in [5.41, 5.74) is 8.27. The zero-order valence-electron chi connectivity index (χ0n) is 13.0. The Morgan fingerprint density at radius 2 is 1.37 bits per heavy atom. The Kier molecular flexibility index (Phi) is 14.8. The lowest BCUT2D eigenvalue weighted by molar-refractivity contribution is 0.546. The van der Waals surface area contributed by atoms with Crippen LogP contribution < -0.4 is 0 Å². The molecule has 1 atom stereocenters. The van der Waals surface area contributed by atoms with Gasteiger partial charge in [0, 0.05) is 11.0 Å². The van der Waals surface area contributed by atoms with Crippen molar-refractivity contribution in [2.45, 2.75) is 96.9 Å². The van der Waals surface area contributed by atoms with Crippen LogP contribution in [0.5, 0.6) is 0 Å². The van der Waals surface area contributed by atoms with Gasteiger partial charge in [0.15, 0.2) is 0 Å². The molecule has 0 aliphatic rings. The topological polar surface area (TPSA) is 48.8 Å². The molecule has 0 bridgehead atoms. The minimum Gasteiger partial charge on any atom is -0.0906 e. The van der Waals surface area contributed by atoms with Crippen molar-refractivity contribution in [3.63, 3.8) is 0 Å². The van der Waals surface area contributed by atoms with Crippen LogP contribution in [0.15, 0.2) is 5.11 Å². The van der Waals surface area contributed by atoms with Gasteiger partial charge in [0.05, 0.1) is 0 Å². The molecule has 111 valence electrons. The first-order valence-electron chi connectivity index (χ1n) is 8.18. The molecule has 0 unspecified atom stereocenters. The van der Waals surface area contributed by atoms with Crippen LogP contribution in [0.3, 0.4) is 0 Å². The van der Waals surface area contributed by atoms with Crippen molar-refractivity contribution in [1.29, 1.82) is 0 Å².